The summed E-state index contributed by atoms with van der Waals surface area (Å²) in [4.78, 5) is 28.7. The molecule has 0 bridgehead atoms. The summed E-state index contributed by atoms with van der Waals surface area (Å²) in [5.41, 5.74) is 1.12. The van der Waals surface area contributed by atoms with E-state index in [2.05, 4.69) is 9.71 Å². The second-order valence-corrected chi connectivity index (χ2v) is 10.4. The van der Waals surface area contributed by atoms with Crippen LogP contribution in [0.2, 0.25) is 0 Å². The Hall–Kier alpha value is -4.03. The van der Waals surface area contributed by atoms with E-state index in [9.17, 15) is 32.0 Å². The molecule has 0 unspecified atom stereocenters. The number of benzene rings is 2. The van der Waals surface area contributed by atoms with Crippen LogP contribution in [0.15, 0.2) is 59.5 Å². The monoisotopic (exact) mass is 513 g/mol. The summed E-state index contributed by atoms with van der Waals surface area (Å²) >= 11 is 0. The van der Waals surface area contributed by atoms with Crippen molar-refractivity contribution < 1.29 is 22.0 Å². The molecule has 186 valence electrons. The number of hydrogen-bond donors (Lipinski definition) is 3. The van der Waals surface area contributed by atoms with Crippen LogP contribution in [0.4, 0.5) is 14.5 Å². The Balaban J connectivity index is 1.80. The molecule has 3 N–H and O–H groups in total. The van der Waals surface area contributed by atoms with Crippen LogP contribution in [-0.4, -0.2) is 29.1 Å². The molecule has 5 rings (SSSR count). The van der Waals surface area contributed by atoms with E-state index in [-0.39, 0.29) is 45.5 Å². The number of rotatable bonds is 7. The predicted molar refractivity (Wildman–Crippen MR) is 130 cm³/mol. The Bertz CT molecular complexity index is 1680. The Kier molecular flexibility index (Phi) is 5.85. The van der Waals surface area contributed by atoms with Gasteiger partial charge in [0, 0.05) is 39.5 Å². The summed E-state index contributed by atoms with van der Waals surface area (Å²) in [6.45, 7) is -0.319. The number of aromatic nitrogens is 2. The number of amides is 1. The van der Waals surface area contributed by atoms with Crippen LogP contribution in [0.5, 0.6) is 0 Å². The molecule has 4 aromatic rings. The highest BCUT2D eigenvalue weighted by Crippen LogP contribution is 2.36. The third-order valence-corrected chi connectivity index (χ3v) is 7.84. The fourth-order valence-electron chi connectivity index (χ4n) is 4.19. The van der Waals surface area contributed by atoms with Gasteiger partial charge in [-0.1, -0.05) is 0 Å². The minimum atomic E-state index is -4.00. The summed E-state index contributed by atoms with van der Waals surface area (Å²) in [5, 5.41) is 10.6. The van der Waals surface area contributed by atoms with Gasteiger partial charge in [0.05, 0.1) is 11.8 Å². The molecule has 1 fully saturated rings. The molecule has 2 aromatic heterocycles. The number of fused-ring (bicyclic) bond motifs is 1. The summed E-state index contributed by atoms with van der Waals surface area (Å²) in [5.74, 6) is -2.39. The molecular formula is C24H19F2N4O5S-. The van der Waals surface area contributed by atoms with Crippen molar-refractivity contribution in [2.24, 2.45) is 0 Å². The molecule has 36 heavy (non-hydrogen) atoms. The molecule has 0 atom stereocenters. The molecule has 2 heterocycles. The van der Waals surface area contributed by atoms with Crippen molar-refractivity contribution in [3.05, 3.63) is 93.2 Å². The number of sulfonamides is 1. The number of aromatic amines is 1. The smallest absolute Gasteiger partial charge is 0.282 e. The van der Waals surface area contributed by atoms with E-state index in [4.69, 9.17) is 0 Å². The lowest BCUT2D eigenvalue weighted by Crippen LogP contribution is -2.35. The molecule has 0 spiro atoms. The lowest BCUT2D eigenvalue weighted by atomic mass is 10.0. The first-order valence-corrected chi connectivity index (χ1v) is 12.5. The van der Waals surface area contributed by atoms with Gasteiger partial charge < -0.3 is 20.2 Å². The number of pyridine rings is 1. The first-order chi connectivity index (χ1) is 17.2. The molecule has 0 aliphatic heterocycles. The maximum Gasteiger partial charge on any atom is 0.282 e. The summed E-state index contributed by atoms with van der Waals surface area (Å²) in [6.07, 6.45) is 2.18. The van der Waals surface area contributed by atoms with Crippen LogP contribution in [0.3, 0.4) is 0 Å². The molecule has 1 aliphatic rings. The zero-order chi connectivity index (χ0) is 25.6. The highest BCUT2D eigenvalue weighted by atomic mass is 32.2. The number of hydrogen-bond acceptors (Lipinski definition) is 6. The van der Waals surface area contributed by atoms with Gasteiger partial charge in [0.2, 0.25) is 10.0 Å². The molecule has 1 amide bonds. The Labute approximate surface area is 203 Å². The fourth-order valence-corrected chi connectivity index (χ4v) is 5.47. The number of H-pyrrole nitrogens is 1. The van der Waals surface area contributed by atoms with Gasteiger partial charge in [-0.05, 0) is 61.4 Å². The second kappa shape index (κ2) is 8.88. The molecule has 1 saturated carbocycles. The predicted octanol–water partition coefficient (Wildman–Crippen LogP) is 3.45. The average Bonchev–Trinajstić information content (AvgIpc) is 3.65. The normalized spacial score (nSPS) is 13.6. The van der Waals surface area contributed by atoms with Crippen molar-refractivity contribution in [3.63, 3.8) is 0 Å². The Morgan fingerprint density at radius 2 is 1.92 bits per heavy atom. The van der Waals surface area contributed by atoms with Gasteiger partial charge >= 0.3 is 0 Å². The lowest BCUT2D eigenvalue weighted by molar-refractivity contribution is 0.0974. The summed E-state index contributed by atoms with van der Waals surface area (Å²) in [6, 6.07) is 10.1. The van der Waals surface area contributed by atoms with Crippen molar-refractivity contribution in [1.29, 1.82) is 0 Å². The van der Waals surface area contributed by atoms with Crippen molar-refractivity contribution in [3.8, 4) is 11.1 Å². The van der Waals surface area contributed by atoms with Crippen LogP contribution in [0, 0.1) is 16.8 Å². The number of carbonyl (C=O) groups excluding carboxylic acids is 1. The average molecular weight is 514 g/mol. The van der Waals surface area contributed by atoms with E-state index in [1.807, 2.05) is 0 Å². The highest BCUT2D eigenvalue weighted by molar-refractivity contribution is 7.91. The minimum absolute atomic E-state index is 0.00346. The molecule has 0 radical (unpaired) electrons. The number of anilines is 1. The van der Waals surface area contributed by atoms with Gasteiger partial charge in [-0.15, -0.1) is 0 Å². The van der Waals surface area contributed by atoms with E-state index in [0.717, 1.165) is 18.2 Å². The minimum Gasteiger partial charge on any atom is -0.761 e. The standard InChI is InChI=1S/C24H19F2N4O5S/c25-14-3-8-20-18(11-14)21(17-2-1-9-27-23(17)31)22(24(32)29-36(34,35)16-5-6-16)30(20)12-13-10-15(28-33)4-7-19(13)26/h1-4,7-11,16,28H,5-6,12H2,(H,27,31)(H,29,32)/q-1. The SMILES string of the molecule is O=C(NS(=O)(=O)C1CC1)c1c(-c2ccc[nH]c2=O)c2cc(F)ccc2n1Cc1cc(N[O-])ccc1F. The number of carbonyl (C=O) groups is 1. The van der Waals surface area contributed by atoms with Crippen LogP contribution in [0.1, 0.15) is 28.9 Å². The second-order valence-electron chi connectivity index (χ2n) is 8.47. The van der Waals surface area contributed by atoms with Gasteiger partial charge in [-0.25, -0.2) is 21.9 Å². The first-order valence-electron chi connectivity index (χ1n) is 10.9. The molecule has 2 aromatic carbocycles. The van der Waals surface area contributed by atoms with Crippen LogP contribution < -0.4 is 15.8 Å². The van der Waals surface area contributed by atoms with E-state index in [1.54, 1.807) is 5.48 Å². The van der Waals surface area contributed by atoms with E-state index >= 15 is 0 Å². The fraction of sp³-hybridized carbons (Fsp3) is 0.167. The zero-order valence-corrected chi connectivity index (χ0v) is 19.4. The quantitative estimate of drug-likeness (QED) is 0.324. The molecule has 9 nitrogen and oxygen atoms in total. The third-order valence-electron chi connectivity index (χ3n) is 6.02. The zero-order valence-electron chi connectivity index (χ0n) is 18.5. The molecular weight excluding hydrogens is 494 g/mol. The van der Waals surface area contributed by atoms with Crippen molar-refractivity contribution >= 4 is 32.5 Å². The van der Waals surface area contributed by atoms with Crippen LogP contribution in [0.25, 0.3) is 22.0 Å². The maximum atomic E-state index is 14.7. The van der Waals surface area contributed by atoms with Crippen molar-refractivity contribution in [2.45, 2.75) is 24.6 Å². The first kappa shape index (κ1) is 23.7. The lowest BCUT2D eigenvalue weighted by Gasteiger charge is -2.15. The van der Waals surface area contributed by atoms with E-state index in [1.165, 1.54) is 41.1 Å². The summed E-state index contributed by atoms with van der Waals surface area (Å²) in [7, 11) is -4.00. The van der Waals surface area contributed by atoms with Crippen LogP contribution in [-0.2, 0) is 16.6 Å². The van der Waals surface area contributed by atoms with Gasteiger partial charge in [0.15, 0.2) is 0 Å². The maximum absolute atomic E-state index is 14.7. The van der Waals surface area contributed by atoms with E-state index < -0.39 is 38.4 Å². The Morgan fingerprint density at radius 3 is 2.61 bits per heavy atom. The topological polar surface area (TPSA) is 136 Å². The summed E-state index contributed by atoms with van der Waals surface area (Å²) < 4.78 is 57.6. The molecule has 0 saturated heterocycles. The Morgan fingerprint density at radius 1 is 1.14 bits per heavy atom. The largest absolute Gasteiger partial charge is 0.761 e. The number of nitrogens with one attached hydrogen (secondary N) is 3. The highest BCUT2D eigenvalue weighted by Gasteiger charge is 2.38. The van der Waals surface area contributed by atoms with Gasteiger partial charge in [0.25, 0.3) is 11.5 Å². The van der Waals surface area contributed by atoms with E-state index in [0.29, 0.717) is 12.8 Å². The molecule has 1 aliphatic carbocycles. The van der Waals surface area contributed by atoms with Gasteiger partial charge in [0.1, 0.15) is 17.3 Å². The van der Waals surface area contributed by atoms with Crippen LogP contribution >= 0.6 is 0 Å². The van der Waals surface area contributed by atoms with Gasteiger partial charge in [-0.2, -0.15) is 0 Å². The van der Waals surface area contributed by atoms with Gasteiger partial charge in [-0.3, -0.25) is 9.59 Å². The number of halogens is 2. The van der Waals surface area contributed by atoms with Crippen molar-refractivity contribution in [2.75, 3.05) is 5.48 Å². The number of nitrogens with zero attached hydrogens (tertiary/aromatic N) is 1. The molecule has 12 heteroatoms. The third kappa shape index (κ3) is 4.25. The van der Waals surface area contributed by atoms with Crippen molar-refractivity contribution in [1.82, 2.24) is 14.3 Å².